The zero-order chi connectivity index (χ0) is 14.0. The Kier molecular flexibility index (Phi) is 4.19. The fourth-order valence-electron chi connectivity index (χ4n) is 1.76. The van der Waals surface area contributed by atoms with Crippen molar-refractivity contribution >= 4 is 34.2 Å². The van der Waals surface area contributed by atoms with Gasteiger partial charge in [-0.05, 0) is 66.3 Å². The maximum atomic E-state index is 13.0. The van der Waals surface area contributed by atoms with Gasteiger partial charge in [0, 0.05) is 9.13 Å². The Morgan fingerprint density at radius 2 is 1.89 bits per heavy atom. The third-order valence-corrected chi connectivity index (χ3v) is 3.71. The normalized spacial score (nSPS) is 10.3. The van der Waals surface area contributed by atoms with E-state index in [0.717, 1.165) is 11.1 Å². The molecule has 2 nitrogen and oxygen atoms in total. The van der Waals surface area contributed by atoms with E-state index in [1.165, 1.54) is 12.1 Å². The second-order valence-corrected chi connectivity index (χ2v) is 5.56. The predicted octanol–water partition coefficient (Wildman–Crippen LogP) is 4.30. The smallest absolute Gasteiger partial charge is 0.255 e. The molecule has 4 heteroatoms. The molecule has 98 valence electrons. The molecule has 0 heterocycles. The standard InChI is InChI=1S/C15H13FINO/c1-9-3-4-10(2)12(7-9)15(19)18-14-6-5-11(16)8-13(14)17/h3-8H,1-2H3,(H,18,19). The lowest BCUT2D eigenvalue weighted by Gasteiger charge is -2.10. The van der Waals surface area contributed by atoms with Crippen LogP contribution in [0.5, 0.6) is 0 Å². The molecule has 0 saturated carbocycles. The Bertz CT molecular complexity index is 640. The van der Waals surface area contributed by atoms with Crippen LogP contribution in [0.2, 0.25) is 0 Å². The number of anilines is 1. The number of hydrogen-bond donors (Lipinski definition) is 1. The molecule has 0 aromatic heterocycles. The van der Waals surface area contributed by atoms with Gasteiger partial charge in [0.1, 0.15) is 5.82 Å². The van der Waals surface area contributed by atoms with E-state index in [9.17, 15) is 9.18 Å². The maximum absolute atomic E-state index is 13.0. The Labute approximate surface area is 125 Å². The van der Waals surface area contributed by atoms with Crippen molar-refractivity contribution in [3.63, 3.8) is 0 Å². The summed E-state index contributed by atoms with van der Waals surface area (Å²) in [5.74, 6) is -0.486. The van der Waals surface area contributed by atoms with Crippen molar-refractivity contribution in [2.45, 2.75) is 13.8 Å². The summed E-state index contributed by atoms with van der Waals surface area (Å²) in [6, 6.07) is 10.0. The molecule has 0 fully saturated rings. The number of carbonyl (C=O) groups excluding carboxylic acids is 1. The lowest BCUT2D eigenvalue weighted by molar-refractivity contribution is 0.102. The summed E-state index contributed by atoms with van der Waals surface area (Å²) in [6.07, 6.45) is 0. The molecule has 0 radical (unpaired) electrons. The van der Waals surface area contributed by atoms with Crippen LogP contribution in [0.3, 0.4) is 0 Å². The second kappa shape index (κ2) is 5.69. The minimum atomic E-state index is -0.311. The van der Waals surface area contributed by atoms with Gasteiger partial charge < -0.3 is 5.32 Å². The number of nitrogens with one attached hydrogen (secondary N) is 1. The lowest BCUT2D eigenvalue weighted by atomic mass is 10.1. The SMILES string of the molecule is Cc1ccc(C)c(C(=O)Nc2ccc(F)cc2I)c1. The first-order valence-electron chi connectivity index (χ1n) is 5.81. The van der Waals surface area contributed by atoms with Gasteiger partial charge in [-0.1, -0.05) is 17.7 Å². The molecule has 2 rings (SSSR count). The van der Waals surface area contributed by atoms with E-state index < -0.39 is 0 Å². The summed E-state index contributed by atoms with van der Waals surface area (Å²) in [4.78, 5) is 12.2. The zero-order valence-electron chi connectivity index (χ0n) is 10.6. The van der Waals surface area contributed by atoms with E-state index in [2.05, 4.69) is 5.32 Å². The molecular weight excluding hydrogens is 356 g/mol. The van der Waals surface area contributed by atoms with Crippen LogP contribution in [0.15, 0.2) is 36.4 Å². The van der Waals surface area contributed by atoms with E-state index in [1.807, 2.05) is 54.6 Å². The number of benzene rings is 2. The van der Waals surface area contributed by atoms with E-state index >= 15 is 0 Å². The van der Waals surface area contributed by atoms with E-state index in [0.29, 0.717) is 14.8 Å². The fraction of sp³-hybridized carbons (Fsp3) is 0.133. The van der Waals surface area contributed by atoms with Gasteiger partial charge in [-0.3, -0.25) is 4.79 Å². The summed E-state index contributed by atoms with van der Waals surface area (Å²) in [5.41, 5.74) is 3.21. The van der Waals surface area contributed by atoms with Crippen LogP contribution in [-0.4, -0.2) is 5.91 Å². The minimum Gasteiger partial charge on any atom is -0.321 e. The van der Waals surface area contributed by atoms with E-state index in [4.69, 9.17) is 0 Å². The van der Waals surface area contributed by atoms with Crippen molar-refractivity contribution in [1.82, 2.24) is 0 Å². The minimum absolute atomic E-state index is 0.175. The summed E-state index contributed by atoms with van der Waals surface area (Å²) >= 11 is 2.00. The van der Waals surface area contributed by atoms with Crippen LogP contribution in [0, 0.1) is 23.2 Å². The number of hydrogen-bond acceptors (Lipinski definition) is 1. The summed E-state index contributed by atoms with van der Waals surface area (Å²) < 4.78 is 13.7. The molecule has 0 aliphatic heterocycles. The number of carbonyl (C=O) groups is 1. The van der Waals surface area contributed by atoms with Crippen LogP contribution >= 0.6 is 22.6 Å². The Balaban J connectivity index is 2.28. The molecule has 2 aromatic carbocycles. The average molecular weight is 369 g/mol. The first kappa shape index (κ1) is 14.0. The van der Waals surface area contributed by atoms with E-state index in [-0.39, 0.29) is 11.7 Å². The molecule has 0 aliphatic carbocycles. The molecule has 0 atom stereocenters. The van der Waals surface area contributed by atoms with Crippen molar-refractivity contribution in [1.29, 1.82) is 0 Å². The number of aryl methyl sites for hydroxylation is 2. The largest absolute Gasteiger partial charge is 0.321 e. The third kappa shape index (κ3) is 3.32. The molecule has 1 N–H and O–H groups in total. The Morgan fingerprint density at radius 3 is 2.58 bits per heavy atom. The van der Waals surface area contributed by atoms with Gasteiger partial charge in [-0.2, -0.15) is 0 Å². The van der Waals surface area contributed by atoms with Crippen molar-refractivity contribution < 1.29 is 9.18 Å². The summed E-state index contributed by atoms with van der Waals surface area (Å²) in [5, 5.41) is 2.81. The topological polar surface area (TPSA) is 29.1 Å². The van der Waals surface area contributed by atoms with Gasteiger partial charge >= 0.3 is 0 Å². The Morgan fingerprint density at radius 1 is 1.16 bits per heavy atom. The van der Waals surface area contributed by atoms with Crippen molar-refractivity contribution in [3.05, 3.63) is 62.5 Å². The molecule has 0 saturated heterocycles. The number of rotatable bonds is 2. The zero-order valence-corrected chi connectivity index (χ0v) is 12.8. The highest BCUT2D eigenvalue weighted by Crippen LogP contribution is 2.20. The van der Waals surface area contributed by atoms with Crippen molar-refractivity contribution in [2.75, 3.05) is 5.32 Å². The number of amides is 1. The van der Waals surface area contributed by atoms with Crippen LogP contribution < -0.4 is 5.32 Å². The van der Waals surface area contributed by atoms with Gasteiger partial charge in [0.05, 0.1) is 5.69 Å². The molecular formula is C15H13FINO. The van der Waals surface area contributed by atoms with Crippen LogP contribution in [0.25, 0.3) is 0 Å². The van der Waals surface area contributed by atoms with Crippen molar-refractivity contribution in [2.24, 2.45) is 0 Å². The maximum Gasteiger partial charge on any atom is 0.255 e. The van der Waals surface area contributed by atoms with Gasteiger partial charge in [0.2, 0.25) is 0 Å². The van der Waals surface area contributed by atoms with E-state index in [1.54, 1.807) is 6.07 Å². The van der Waals surface area contributed by atoms with Crippen molar-refractivity contribution in [3.8, 4) is 0 Å². The Hall–Kier alpha value is -1.43. The highest BCUT2D eigenvalue weighted by Gasteiger charge is 2.11. The molecule has 0 aliphatic rings. The summed E-state index contributed by atoms with van der Waals surface area (Å²) in [7, 11) is 0. The number of halogens is 2. The predicted molar refractivity (Wildman–Crippen MR) is 83.0 cm³/mol. The van der Waals surface area contributed by atoms with Crippen LogP contribution in [0.1, 0.15) is 21.5 Å². The molecule has 19 heavy (non-hydrogen) atoms. The highest BCUT2D eigenvalue weighted by molar-refractivity contribution is 14.1. The fourth-order valence-corrected chi connectivity index (χ4v) is 2.37. The molecule has 0 bridgehead atoms. The van der Waals surface area contributed by atoms with Gasteiger partial charge in [-0.15, -0.1) is 0 Å². The quantitative estimate of drug-likeness (QED) is 0.786. The van der Waals surface area contributed by atoms with Gasteiger partial charge in [0.25, 0.3) is 5.91 Å². The molecule has 2 aromatic rings. The monoisotopic (exact) mass is 369 g/mol. The van der Waals surface area contributed by atoms with Crippen LogP contribution in [-0.2, 0) is 0 Å². The summed E-state index contributed by atoms with van der Waals surface area (Å²) in [6.45, 7) is 3.84. The lowest BCUT2D eigenvalue weighted by Crippen LogP contribution is -2.14. The first-order valence-corrected chi connectivity index (χ1v) is 6.89. The molecule has 1 amide bonds. The molecule has 0 spiro atoms. The van der Waals surface area contributed by atoms with Gasteiger partial charge in [0.15, 0.2) is 0 Å². The third-order valence-electron chi connectivity index (χ3n) is 2.82. The average Bonchev–Trinajstić information content (AvgIpc) is 2.35. The molecule has 0 unspecified atom stereocenters. The first-order chi connectivity index (χ1) is 8.97. The van der Waals surface area contributed by atoms with Crippen LogP contribution in [0.4, 0.5) is 10.1 Å². The second-order valence-electron chi connectivity index (χ2n) is 4.40. The van der Waals surface area contributed by atoms with Gasteiger partial charge in [-0.25, -0.2) is 4.39 Å². The highest BCUT2D eigenvalue weighted by atomic mass is 127.